The molecule has 3 aromatic rings. The van der Waals surface area contributed by atoms with Crippen LogP contribution in [0, 0.1) is 11.8 Å². The van der Waals surface area contributed by atoms with E-state index in [2.05, 4.69) is 51.4 Å². The topological polar surface area (TPSA) is 125 Å². The van der Waals surface area contributed by atoms with Crippen molar-refractivity contribution < 1.29 is 28.9 Å². The highest BCUT2D eigenvalue weighted by atomic mass is 32.1. The quantitative estimate of drug-likeness (QED) is 0.232. The molecule has 0 bridgehead atoms. The molecule has 3 saturated heterocycles. The average Bonchev–Trinajstić information content (AvgIpc) is 3.84. The van der Waals surface area contributed by atoms with Gasteiger partial charge >= 0.3 is 6.09 Å². The average molecular weight is 666 g/mol. The summed E-state index contributed by atoms with van der Waals surface area (Å²) in [5, 5.41) is 18.2. The first kappa shape index (κ1) is 33.8. The highest BCUT2D eigenvalue weighted by Gasteiger charge is 2.44. The predicted octanol–water partition coefficient (Wildman–Crippen LogP) is 4.25. The number of amides is 2. The molecule has 0 spiro atoms. The van der Waals surface area contributed by atoms with Gasteiger partial charge in [-0.3, -0.25) is 14.6 Å². The van der Waals surface area contributed by atoms with Gasteiger partial charge in [-0.1, -0.05) is 61.6 Å². The molecule has 3 N–H and O–H groups in total. The largest absolute Gasteiger partial charge is 0.443 e. The van der Waals surface area contributed by atoms with E-state index in [0.29, 0.717) is 50.3 Å². The molecule has 12 heteroatoms. The summed E-state index contributed by atoms with van der Waals surface area (Å²) >= 11 is 1.48. The molecule has 254 valence electrons. The van der Waals surface area contributed by atoms with Crippen molar-refractivity contribution in [1.29, 1.82) is 0 Å². The van der Waals surface area contributed by atoms with Crippen molar-refractivity contribution in [3.8, 4) is 0 Å². The van der Waals surface area contributed by atoms with Crippen LogP contribution in [0.15, 0.2) is 48.5 Å². The molecule has 6 rings (SSSR count). The molecule has 2 amide bonds. The molecule has 3 fully saturated rings. The summed E-state index contributed by atoms with van der Waals surface area (Å²) in [6.07, 6.45) is 1.46. The summed E-state index contributed by atoms with van der Waals surface area (Å²) in [4.78, 5) is 34.7. The number of aliphatic hydroxyl groups is 1. The number of benzene rings is 2. The third kappa shape index (κ3) is 9.27. The normalized spacial score (nSPS) is 22.5. The number of carbonyl (C=O) groups is 2. The zero-order valence-electron chi connectivity index (χ0n) is 27.3. The number of alkyl carbamates (subject to hydrolysis) is 1. The van der Waals surface area contributed by atoms with Crippen LogP contribution in [0.25, 0.3) is 10.2 Å². The standard InChI is InChI=1S/C35H47N5O6S/c1-23(2)18-40(19-25-10-11-27-31(17-25)47-34(36-27)38-32(42)21-39-13-6-7-14-39)20-29(41)28(16-24-8-4-3-5-9-24)37-35(43)46-30-22-45-33-26(30)12-15-44-33/h3-5,8-11,17,23,26,28-30,33,41H,6-7,12-16,18-22H2,1-2H3,(H,37,43)(H,36,38,42). The first-order valence-corrected chi connectivity index (χ1v) is 17.7. The molecular weight excluding hydrogens is 618 g/mol. The van der Waals surface area contributed by atoms with Crippen molar-refractivity contribution in [2.24, 2.45) is 11.8 Å². The van der Waals surface area contributed by atoms with Gasteiger partial charge in [0.15, 0.2) is 11.4 Å². The Morgan fingerprint density at radius 1 is 1.11 bits per heavy atom. The first-order valence-electron chi connectivity index (χ1n) is 16.9. The molecule has 5 unspecified atom stereocenters. The number of fused-ring (bicyclic) bond motifs is 2. The second-order valence-electron chi connectivity index (χ2n) is 13.4. The van der Waals surface area contributed by atoms with Gasteiger partial charge in [0, 0.05) is 19.6 Å². The third-order valence-corrected chi connectivity index (χ3v) is 9.98. The van der Waals surface area contributed by atoms with E-state index in [1.165, 1.54) is 11.3 Å². The van der Waals surface area contributed by atoms with Crippen molar-refractivity contribution in [2.45, 2.75) is 70.6 Å². The van der Waals surface area contributed by atoms with Crippen LogP contribution < -0.4 is 10.6 Å². The van der Waals surface area contributed by atoms with Crippen LogP contribution in [0.2, 0.25) is 0 Å². The van der Waals surface area contributed by atoms with Gasteiger partial charge < -0.3 is 30.0 Å². The van der Waals surface area contributed by atoms with Gasteiger partial charge in [-0.05, 0) is 68.0 Å². The molecule has 3 aliphatic rings. The number of ether oxygens (including phenoxy) is 3. The Bertz CT molecular complexity index is 1480. The maximum absolute atomic E-state index is 13.1. The summed E-state index contributed by atoms with van der Waals surface area (Å²) in [7, 11) is 0. The van der Waals surface area contributed by atoms with E-state index in [0.717, 1.165) is 60.2 Å². The molecule has 5 atom stereocenters. The number of rotatable bonds is 14. The van der Waals surface area contributed by atoms with Crippen molar-refractivity contribution >= 4 is 38.7 Å². The van der Waals surface area contributed by atoms with Crippen molar-refractivity contribution in [3.63, 3.8) is 0 Å². The van der Waals surface area contributed by atoms with Crippen LogP contribution in [0.4, 0.5) is 9.93 Å². The van der Waals surface area contributed by atoms with Crippen LogP contribution in [0.5, 0.6) is 0 Å². The Hall–Kier alpha value is -3.13. The lowest BCUT2D eigenvalue weighted by atomic mass is 10.00. The molecule has 47 heavy (non-hydrogen) atoms. The summed E-state index contributed by atoms with van der Waals surface area (Å²) in [5.74, 6) is 0.373. The second-order valence-corrected chi connectivity index (χ2v) is 14.4. The van der Waals surface area contributed by atoms with Gasteiger partial charge in [0.1, 0.15) is 6.10 Å². The number of likely N-dealkylation sites (tertiary alicyclic amines) is 1. The molecule has 4 heterocycles. The Morgan fingerprint density at radius 2 is 1.91 bits per heavy atom. The number of nitrogens with one attached hydrogen (secondary N) is 2. The first-order chi connectivity index (χ1) is 22.8. The van der Waals surface area contributed by atoms with E-state index in [1.807, 2.05) is 36.4 Å². The van der Waals surface area contributed by atoms with Gasteiger partial charge in [-0.15, -0.1) is 0 Å². The second kappa shape index (κ2) is 15.8. The van der Waals surface area contributed by atoms with Gasteiger partial charge in [0.25, 0.3) is 0 Å². The maximum atomic E-state index is 13.1. The highest BCUT2D eigenvalue weighted by Crippen LogP contribution is 2.33. The smallest absolute Gasteiger partial charge is 0.407 e. The number of anilines is 1. The van der Waals surface area contributed by atoms with E-state index >= 15 is 0 Å². The number of aromatic nitrogens is 1. The number of nitrogens with zero attached hydrogens (tertiary/aromatic N) is 3. The van der Waals surface area contributed by atoms with E-state index < -0.39 is 18.2 Å². The fourth-order valence-corrected chi connectivity index (χ4v) is 7.76. The van der Waals surface area contributed by atoms with Crippen LogP contribution >= 0.6 is 11.3 Å². The van der Waals surface area contributed by atoms with Gasteiger partial charge in [0.05, 0.1) is 48.0 Å². The maximum Gasteiger partial charge on any atom is 0.407 e. The Morgan fingerprint density at radius 3 is 2.70 bits per heavy atom. The minimum Gasteiger partial charge on any atom is -0.443 e. The lowest BCUT2D eigenvalue weighted by molar-refractivity contribution is -0.117. The monoisotopic (exact) mass is 665 g/mol. The minimum absolute atomic E-state index is 0.0286. The number of carbonyl (C=O) groups excluding carboxylic acids is 2. The number of hydrogen-bond donors (Lipinski definition) is 3. The highest BCUT2D eigenvalue weighted by molar-refractivity contribution is 7.22. The van der Waals surface area contributed by atoms with E-state index in [-0.39, 0.29) is 24.2 Å². The van der Waals surface area contributed by atoms with Gasteiger partial charge in [-0.25, -0.2) is 9.78 Å². The summed E-state index contributed by atoms with van der Waals surface area (Å²) < 4.78 is 18.0. The fraction of sp³-hybridized carbons (Fsp3) is 0.571. The van der Waals surface area contributed by atoms with Crippen molar-refractivity contribution in [3.05, 3.63) is 59.7 Å². The molecule has 0 aliphatic carbocycles. The Labute approximate surface area is 280 Å². The van der Waals surface area contributed by atoms with E-state index in [9.17, 15) is 14.7 Å². The minimum atomic E-state index is -0.853. The predicted molar refractivity (Wildman–Crippen MR) is 181 cm³/mol. The van der Waals surface area contributed by atoms with E-state index in [4.69, 9.17) is 14.2 Å². The van der Waals surface area contributed by atoms with Crippen LogP contribution in [-0.2, 0) is 32.0 Å². The van der Waals surface area contributed by atoms with Crippen molar-refractivity contribution in [2.75, 3.05) is 51.3 Å². The van der Waals surface area contributed by atoms with Crippen molar-refractivity contribution in [1.82, 2.24) is 20.1 Å². The molecule has 3 aliphatic heterocycles. The number of thiazole rings is 1. The fourth-order valence-electron chi connectivity index (χ4n) is 6.82. The zero-order chi connectivity index (χ0) is 32.8. The van der Waals surface area contributed by atoms with Crippen LogP contribution in [-0.4, -0.2) is 102 Å². The zero-order valence-corrected chi connectivity index (χ0v) is 28.1. The lowest BCUT2D eigenvalue weighted by Crippen LogP contribution is -2.50. The molecular formula is C35H47N5O6S. The van der Waals surface area contributed by atoms with Gasteiger partial charge in [0.2, 0.25) is 5.91 Å². The number of aliphatic hydroxyl groups excluding tert-OH is 1. The summed E-state index contributed by atoms with van der Waals surface area (Å²) in [6, 6.07) is 15.5. The lowest BCUT2D eigenvalue weighted by Gasteiger charge is -2.31. The SMILES string of the molecule is CC(C)CN(Cc1ccc2nc(NC(=O)CN3CCCC3)sc2c1)CC(O)C(Cc1ccccc1)NC(=O)OC1COC2OCCC12. The summed E-state index contributed by atoms with van der Waals surface area (Å²) in [5.41, 5.74) is 2.95. The Balaban J connectivity index is 1.11. The van der Waals surface area contributed by atoms with Crippen LogP contribution in [0.1, 0.15) is 44.2 Å². The molecule has 0 radical (unpaired) electrons. The summed E-state index contributed by atoms with van der Waals surface area (Å²) in [6.45, 7) is 9.31. The third-order valence-electron chi connectivity index (χ3n) is 9.05. The molecule has 2 aromatic carbocycles. The Kier molecular flexibility index (Phi) is 11.4. The molecule has 11 nitrogen and oxygen atoms in total. The van der Waals surface area contributed by atoms with Gasteiger partial charge in [-0.2, -0.15) is 0 Å². The van der Waals surface area contributed by atoms with Crippen LogP contribution in [0.3, 0.4) is 0 Å². The van der Waals surface area contributed by atoms with E-state index in [1.54, 1.807) is 0 Å². The molecule has 1 aromatic heterocycles. The molecule has 0 saturated carbocycles. The number of hydrogen-bond acceptors (Lipinski definition) is 10.